The van der Waals surface area contributed by atoms with Gasteiger partial charge in [0.2, 0.25) is 0 Å². The van der Waals surface area contributed by atoms with Crippen LogP contribution in [0, 0.1) is 25.2 Å². The Kier molecular flexibility index (Phi) is 6.92. The van der Waals surface area contributed by atoms with E-state index in [0.29, 0.717) is 18.8 Å². The molecule has 6 nitrogen and oxygen atoms in total. The molecule has 3 N–H and O–H groups in total. The third-order valence-corrected chi connectivity index (χ3v) is 4.76. The van der Waals surface area contributed by atoms with Gasteiger partial charge in [0.05, 0.1) is 22.3 Å². The number of amides is 1. The maximum absolute atomic E-state index is 12.5. The van der Waals surface area contributed by atoms with Crippen molar-refractivity contribution in [2.75, 3.05) is 24.8 Å². The summed E-state index contributed by atoms with van der Waals surface area (Å²) in [5.74, 6) is -0.559. The molecule has 0 unspecified atom stereocenters. The van der Waals surface area contributed by atoms with Gasteiger partial charge in [-0.15, -0.1) is 0 Å². The second-order valence-corrected chi connectivity index (χ2v) is 6.76. The molecule has 0 atom stereocenters. The largest absolute Gasteiger partial charge is 0.396 e. The first-order valence-corrected chi connectivity index (χ1v) is 8.87. The summed E-state index contributed by atoms with van der Waals surface area (Å²) >= 11 is 12.0. The van der Waals surface area contributed by atoms with Gasteiger partial charge in [0.1, 0.15) is 11.6 Å². The summed E-state index contributed by atoms with van der Waals surface area (Å²) in [5.41, 5.74) is 9.00. The van der Waals surface area contributed by atoms with Crippen molar-refractivity contribution in [2.45, 2.75) is 20.4 Å². The molecule has 1 amide bonds. The van der Waals surface area contributed by atoms with Crippen LogP contribution in [0.2, 0.25) is 10.0 Å². The molecule has 0 aliphatic carbocycles. The number of nitrogens with zero attached hydrogens (tertiary/aromatic N) is 2. The number of anilines is 2. The molecule has 1 aromatic carbocycles. The lowest BCUT2D eigenvalue weighted by Crippen LogP contribution is -2.13. The van der Waals surface area contributed by atoms with Gasteiger partial charge in [-0.1, -0.05) is 23.2 Å². The highest BCUT2D eigenvalue weighted by Crippen LogP contribution is 2.31. The van der Waals surface area contributed by atoms with Crippen molar-refractivity contribution in [3.05, 3.63) is 50.8 Å². The van der Waals surface area contributed by atoms with E-state index in [2.05, 4.69) is 9.88 Å². The smallest absolute Gasteiger partial charge is 0.266 e. The van der Waals surface area contributed by atoms with Crippen LogP contribution in [0.5, 0.6) is 0 Å². The minimum atomic E-state index is -0.559. The molecule has 0 saturated carbocycles. The SMILES string of the molecule is COCCn1c(C)cc(C=C(C#N)C(=O)Nc2cc(Cl)c(N)c(Cl)c2)c1C. The Hall–Kier alpha value is -2.46. The number of hydrogen-bond donors (Lipinski definition) is 2. The van der Waals surface area contributed by atoms with Crippen molar-refractivity contribution in [2.24, 2.45) is 0 Å². The van der Waals surface area contributed by atoms with Crippen molar-refractivity contribution in [1.29, 1.82) is 5.26 Å². The maximum Gasteiger partial charge on any atom is 0.266 e. The minimum absolute atomic E-state index is 0.0361. The lowest BCUT2D eigenvalue weighted by atomic mass is 10.1. The molecule has 1 heterocycles. The van der Waals surface area contributed by atoms with E-state index in [1.54, 1.807) is 13.2 Å². The summed E-state index contributed by atoms with van der Waals surface area (Å²) in [6.45, 7) is 5.16. The number of nitrogen functional groups attached to an aromatic ring is 1. The minimum Gasteiger partial charge on any atom is -0.396 e. The number of aromatic nitrogens is 1. The van der Waals surface area contributed by atoms with Gasteiger partial charge in [0.15, 0.2) is 0 Å². The fraction of sp³-hybridized carbons (Fsp3) is 0.263. The quantitative estimate of drug-likeness (QED) is 0.427. The zero-order valence-corrected chi connectivity index (χ0v) is 16.8. The summed E-state index contributed by atoms with van der Waals surface area (Å²) in [6.07, 6.45) is 1.56. The van der Waals surface area contributed by atoms with Crippen LogP contribution in [0.4, 0.5) is 11.4 Å². The number of nitriles is 1. The topological polar surface area (TPSA) is 93.1 Å². The highest BCUT2D eigenvalue weighted by atomic mass is 35.5. The third-order valence-electron chi connectivity index (χ3n) is 4.13. The van der Waals surface area contributed by atoms with E-state index in [1.165, 1.54) is 12.1 Å². The van der Waals surface area contributed by atoms with Crippen LogP contribution in [-0.4, -0.2) is 24.2 Å². The number of methoxy groups -OCH3 is 1. The van der Waals surface area contributed by atoms with Gasteiger partial charge in [-0.3, -0.25) is 4.79 Å². The fourth-order valence-electron chi connectivity index (χ4n) is 2.66. The Morgan fingerprint density at radius 2 is 1.96 bits per heavy atom. The van der Waals surface area contributed by atoms with E-state index in [-0.39, 0.29) is 21.3 Å². The van der Waals surface area contributed by atoms with E-state index >= 15 is 0 Å². The molecule has 0 aliphatic heterocycles. The Bertz CT molecular complexity index is 919. The van der Waals surface area contributed by atoms with Gasteiger partial charge in [0.25, 0.3) is 5.91 Å². The average Bonchev–Trinajstić information content (AvgIpc) is 2.88. The molecule has 2 aromatic rings. The van der Waals surface area contributed by atoms with Gasteiger partial charge in [-0.05, 0) is 43.7 Å². The highest BCUT2D eigenvalue weighted by Gasteiger charge is 2.14. The second kappa shape index (κ2) is 8.96. The number of carbonyl (C=O) groups excluding carboxylic acids is 1. The van der Waals surface area contributed by atoms with Crippen molar-refractivity contribution < 1.29 is 9.53 Å². The normalized spacial score (nSPS) is 11.3. The number of rotatable bonds is 6. The first-order valence-electron chi connectivity index (χ1n) is 8.11. The molecule has 0 spiro atoms. The Balaban J connectivity index is 2.29. The zero-order chi connectivity index (χ0) is 20.1. The van der Waals surface area contributed by atoms with Crippen molar-refractivity contribution >= 4 is 46.6 Å². The predicted molar refractivity (Wildman–Crippen MR) is 109 cm³/mol. The van der Waals surface area contributed by atoms with Gasteiger partial charge in [0, 0.05) is 30.7 Å². The molecule has 0 aliphatic rings. The molecule has 1 aromatic heterocycles. The lowest BCUT2D eigenvalue weighted by molar-refractivity contribution is -0.112. The molecule has 0 radical (unpaired) electrons. The number of hydrogen-bond acceptors (Lipinski definition) is 4. The summed E-state index contributed by atoms with van der Waals surface area (Å²) < 4.78 is 7.19. The Labute approximate surface area is 168 Å². The number of aryl methyl sites for hydroxylation is 1. The van der Waals surface area contributed by atoms with Crippen LogP contribution in [0.3, 0.4) is 0 Å². The fourth-order valence-corrected chi connectivity index (χ4v) is 3.15. The van der Waals surface area contributed by atoms with Crippen LogP contribution >= 0.6 is 23.2 Å². The first kappa shape index (κ1) is 20.8. The zero-order valence-electron chi connectivity index (χ0n) is 15.3. The summed E-state index contributed by atoms with van der Waals surface area (Å²) in [5, 5.41) is 12.5. The summed E-state index contributed by atoms with van der Waals surface area (Å²) in [6, 6.07) is 6.81. The van der Waals surface area contributed by atoms with Gasteiger partial charge >= 0.3 is 0 Å². The molecule has 0 fully saturated rings. The summed E-state index contributed by atoms with van der Waals surface area (Å²) in [4.78, 5) is 12.5. The molecule has 27 heavy (non-hydrogen) atoms. The molecular weight excluding hydrogens is 387 g/mol. The standard InChI is InChI=1S/C19H20Cl2N4O2/c1-11-6-13(12(2)25(11)4-5-27-3)7-14(10-22)19(26)24-15-8-16(20)18(23)17(21)9-15/h6-9H,4-5,23H2,1-3H3,(H,24,26). The number of nitrogens with one attached hydrogen (secondary N) is 1. The maximum atomic E-state index is 12.5. The number of benzene rings is 1. The van der Waals surface area contributed by atoms with E-state index in [9.17, 15) is 10.1 Å². The number of ether oxygens (including phenoxy) is 1. The van der Waals surface area contributed by atoms with E-state index in [1.807, 2.05) is 26.0 Å². The van der Waals surface area contributed by atoms with Crippen molar-refractivity contribution in [3.63, 3.8) is 0 Å². The van der Waals surface area contributed by atoms with Gasteiger partial charge in [-0.2, -0.15) is 5.26 Å². The van der Waals surface area contributed by atoms with Crippen LogP contribution in [0.25, 0.3) is 6.08 Å². The Morgan fingerprint density at radius 3 is 2.52 bits per heavy atom. The molecular formula is C19H20Cl2N4O2. The lowest BCUT2D eigenvalue weighted by Gasteiger charge is -2.09. The molecule has 8 heteroatoms. The number of halogens is 2. The average molecular weight is 407 g/mol. The summed E-state index contributed by atoms with van der Waals surface area (Å²) in [7, 11) is 1.64. The van der Waals surface area contributed by atoms with Gasteiger partial charge in [-0.25, -0.2) is 0 Å². The predicted octanol–water partition coefficient (Wildman–Crippen LogP) is 4.19. The Morgan fingerprint density at radius 1 is 1.33 bits per heavy atom. The third kappa shape index (κ3) is 4.83. The first-order chi connectivity index (χ1) is 12.8. The number of carbonyl (C=O) groups is 1. The molecule has 0 saturated heterocycles. The van der Waals surface area contributed by atoms with Crippen LogP contribution in [0.1, 0.15) is 17.0 Å². The van der Waals surface area contributed by atoms with Crippen molar-refractivity contribution in [3.8, 4) is 6.07 Å². The van der Waals surface area contributed by atoms with Crippen LogP contribution in [-0.2, 0) is 16.1 Å². The van der Waals surface area contributed by atoms with Crippen molar-refractivity contribution in [1.82, 2.24) is 4.57 Å². The van der Waals surface area contributed by atoms with Crippen LogP contribution in [0.15, 0.2) is 23.8 Å². The van der Waals surface area contributed by atoms with E-state index < -0.39 is 5.91 Å². The molecule has 0 bridgehead atoms. The second-order valence-electron chi connectivity index (χ2n) is 5.95. The highest BCUT2D eigenvalue weighted by molar-refractivity contribution is 6.39. The molecule has 2 rings (SSSR count). The van der Waals surface area contributed by atoms with E-state index in [4.69, 9.17) is 33.7 Å². The van der Waals surface area contributed by atoms with Gasteiger partial charge < -0.3 is 20.4 Å². The van der Waals surface area contributed by atoms with Crippen LogP contribution < -0.4 is 11.1 Å². The molecule has 142 valence electrons. The van der Waals surface area contributed by atoms with E-state index in [0.717, 1.165) is 17.0 Å². The monoisotopic (exact) mass is 406 g/mol. The number of nitrogens with two attached hydrogens (primary N) is 1.